The molecule has 0 amide bonds. The molecule has 0 saturated heterocycles. The molecular weight excluding hydrogens is 464 g/mol. The summed E-state index contributed by atoms with van der Waals surface area (Å²) < 4.78 is 4.66. The van der Waals surface area contributed by atoms with Gasteiger partial charge in [0, 0.05) is 24.7 Å². The van der Waals surface area contributed by atoms with Crippen molar-refractivity contribution in [3.63, 3.8) is 0 Å². The third-order valence-electron chi connectivity index (χ3n) is 6.69. The summed E-state index contributed by atoms with van der Waals surface area (Å²) in [6.45, 7) is 0. The number of benzene rings is 3. The van der Waals surface area contributed by atoms with Gasteiger partial charge in [0.1, 0.15) is 5.75 Å². The number of halogens is 1. The lowest BCUT2D eigenvalue weighted by Crippen LogP contribution is -2.37. The largest absolute Gasteiger partial charge is 0.508 e. The highest BCUT2D eigenvalue weighted by Crippen LogP contribution is 2.46. The Labute approximate surface area is 205 Å². The van der Waals surface area contributed by atoms with Crippen LogP contribution in [0.1, 0.15) is 17.3 Å². The number of phenolic OH excluding ortho intramolecular Hbond substituents is 1. The molecule has 3 aromatic carbocycles. The molecule has 0 unspecified atom stereocenters. The molecule has 174 valence electrons. The summed E-state index contributed by atoms with van der Waals surface area (Å²) in [5.74, 6) is 0.118. The Morgan fingerprint density at radius 1 is 0.886 bits per heavy atom. The zero-order chi connectivity index (χ0) is 24.4. The molecule has 1 aliphatic heterocycles. The lowest BCUT2D eigenvalue weighted by atomic mass is 9.98. The number of fused-ring (bicyclic) bond motifs is 5. The van der Waals surface area contributed by atoms with Crippen molar-refractivity contribution in [2.75, 3.05) is 5.32 Å². The van der Waals surface area contributed by atoms with Crippen LogP contribution in [0.3, 0.4) is 0 Å². The van der Waals surface area contributed by atoms with Gasteiger partial charge in [-0.05, 0) is 35.9 Å². The molecule has 0 fully saturated rings. The van der Waals surface area contributed by atoms with E-state index in [9.17, 15) is 14.7 Å². The first-order valence-electron chi connectivity index (χ1n) is 11.1. The fourth-order valence-electron chi connectivity index (χ4n) is 5.06. The van der Waals surface area contributed by atoms with Gasteiger partial charge in [0.05, 0.1) is 39.7 Å². The van der Waals surface area contributed by atoms with Crippen LogP contribution in [0.2, 0.25) is 5.02 Å². The van der Waals surface area contributed by atoms with E-state index < -0.39 is 11.7 Å². The molecule has 1 aliphatic rings. The molecule has 0 spiro atoms. The van der Waals surface area contributed by atoms with E-state index in [-0.39, 0.29) is 11.3 Å². The van der Waals surface area contributed by atoms with Crippen molar-refractivity contribution in [1.82, 2.24) is 13.7 Å². The van der Waals surface area contributed by atoms with Gasteiger partial charge < -0.3 is 15.0 Å². The van der Waals surface area contributed by atoms with E-state index >= 15 is 0 Å². The molecule has 0 bridgehead atoms. The van der Waals surface area contributed by atoms with Crippen molar-refractivity contribution in [1.29, 1.82) is 0 Å². The van der Waals surface area contributed by atoms with E-state index in [1.54, 1.807) is 31.3 Å². The molecule has 7 nitrogen and oxygen atoms in total. The first kappa shape index (κ1) is 21.3. The Bertz CT molecular complexity index is 1760. The smallest absolute Gasteiger partial charge is 0.331 e. The second kappa shape index (κ2) is 7.65. The summed E-state index contributed by atoms with van der Waals surface area (Å²) in [6.07, 6.45) is 0. The minimum atomic E-state index is -0.521. The maximum atomic E-state index is 13.6. The van der Waals surface area contributed by atoms with Crippen LogP contribution in [0.15, 0.2) is 82.4 Å². The van der Waals surface area contributed by atoms with Crippen LogP contribution in [-0.4, -0.2) is 18.8 Å². The number of nitrogens with one attached hydrogen (secondary N) is 1. The zero-order valence-electron chi connectivity index (χ0n) is 19.0. The number of aromatic nitrogens is 3. The highest BCUT2D eigenvalue weighted by molar-refractivity contribution is 6.30. The van der Waals surface area contributed by atoms with Gasteiger partial charge in [-0.2, -0.15) is 0 Å². The number of aromatic hydroxyl groups is 1. The molecule has 0 radical (unpaired) electrons. The Hall–Kier alpha value is -4.23. The molecule has 6 rings (SSSR count). The maximum absolute atomic E-state index is 13.6. The summed E-state index contributed by atoms with van der Waals surface area (Å²) in [4.78, 5) is 26.7. The lowest BCUT2D eigenvalue weighted by Gasteiger charge is -2.31. The van der Waals surface area contributed by atoms with Gasteiger partial charge in [-0.1, -0.05) is 54.1 Å². The quantitative estimate of drug-likeness (QED) is 0.384. The fraction of sp³-hybridized carbons (Fsp3) is 0.111. The minimum Gasteiger partial charge on any atom is -0.508 e. The number of phenols is 1. The highest BCUT2D eigenvalue weighted by Gasteiger charge is 2.35. The van der Waals surface area contributed by atoms with Crippen LogP contribution in [0, 0.1) is 0 Å². The van der Waals surface area contributed by atoms with Gasteiger partial charge in [-0.25, -0.2) is 4.79 Å². The fourth-order valence-corrected chi connectivity index (χ4v) is 5.19. The van der Waals surface area contributed by atoms with E-state index in [4.69, 9.17) is 11.6 Å². The van der Waals surface area contributed by atoms with Crippen molar-refractivity contribution in [3.05, 3.63) is 110 Å². The number of nitrogens with zero attached hydrogens (tertiary/aromatic N) is 3. The van der Waals surface area contributed by atoms with Gasteiger partial charge in [0.25, 0.3) is 5.56 Å². The minimum absolute atomic E-state index is 0.118. The van der Waals surface area contributed by atoms with Crippen LogP contribution in [0.4, 0.5) is 5.69 Å². The SMILES string of the molecule is Cn1c(=O)c2c(-c3ccc(Cl)cc3)n3c(c2n(C)c1=O)[C@H](c1ccccc1O)Nc1ccccc1-3. The van der Waals surface area contributed by atoms with Gasteiger partial charge in [0.15, 0.2) is 0 Å². The van der Waals surface area contributed by atoms with Gasteiger partial charge in [-0.15, -0.1) is 0 Å². The number of hydrogen-bond acceptors (Lipinski definition) is 4. The van der Waals surface area contributed by atoms with E-state index in [0.29, 0.717) is 32.9 Å². The van der Waals surface area contributed by atoms with Gasteiger partial charge in [0.2, 0.25) is 0 Å². The Morgan fingerprint density at radius 3 is 2.31 bits per heavy atom. The monoisotopic (exact) mass is 484 g/mol. The molecule has 3 heterocycles. The number of anilines is 1. The molecule has 35 heavy (non-hydrogen) atoms. The first-order chi connectivity index (χ1) is 16.9. The average Bonchev–Trinajstić information content (AvgIpc) is 3.23. The van der Waals surface area contributed by atoms with E-state index in [0.717, 1.165) is 21.5 Å². The predicted octanol–water partition coefficient (Wildman–Crippen LogP) is 4.57. The molecule has 1 atom stereocenters. The second-order valence-corrected chi connectivity index (χ2v) is 9.10. The van der Waals surface area contributed by atoms with Gasteiger partial charge >= 0.3 is 5.69 Å². The Kier molecular flexibility index (Phi) is 4.66. The highest BCUT2D eigenvalue weighted by atomic mass is 35.5. The maximum Gasteiger partial charge on any atom is 0.331 e. The topological polar surface area (TPSA) is 81.2 Å². The van der Waals surface area contributed by atoms with Crippen molar-refractivity contribution in [2.24, 2.45) is 14.1 Å². The molecule has 2 N–H and O–H groups in total. The van der Waals surface area contributed by atoms with Crippen LogP contribution < -0.4 is 16.6 Å². The first-order valence-corrected chi connectivity index (χ1v) is 11.5. The van der Waals surface area contributed by atoms with Crippen molar-refractivity contribution in [3.8, 4) is 22.7 Å². The van der Waals surface area contributed by atoms with Crippen molar-refractivity contribution >= 4 is 28.2 Å². The lowest BCUT2D eigenvalue weighted by molar-refractivity contribution is 0.465. The summed E-state index contributed by atoms with van der Waals surface area (Å²) >= 11 is 6.18. The normalized spacial score (nSPS) is 14.4. The second-order valence-electron chi connectivity index (χ2n) is 8.66. The summed E-state index contributed by atoms with van der Waals surface area (Å²) in [5, 5.41) is 15.3. The third-order valence-corrected chi connectivity index (χ3v) is 6.94. The molecular formula is C27H21ClN4O3. The standard InChI is InChI=1S/C27H21ClN4O3/c1-30-24-21(26(34)31(2)27(30)35)23(15-11-13-16(28)14-12-15)32-19-9-5-4-8-18(19)29-22(25(24)32)17-7-3-6-10-20(17)33/h3-14,22,29,33H,1-2H3/t22-/m0/s1. The Balaban J connectivity index is 1.88. The summed E-state index contributed by atoms with van der Waals surface area (Å²) in [7, 11) is 3.15. The molecule has 8 heteroatoms. The van der Waals surface area contributed by atoms with E-state index in [1.165, 1.54) is 11.6 Å². The van der Waals surface area contributed by atoms with E-state index in [1.807, 2.05) is 53.1 Å². The molecule has 0 saturated carbocycles. The number of hydrogen-bond donors (Lipinski definition) is 2. The molecule has 2 aromatic heterocycles. The number of aryl methyl sites for hydroxylation is 1. The Morgan fingerprint density at radius 2 is 1.57 bits per heavy atom. The summed E-state index contributed by atoms with van der Waals surface area (Å²) in [5.41, 5.74) is 4.16. The average molecular weight is 485 g/mol. The van der Waals surface area contributed by atoms with Crippen molar-refractivity contribution < 1.29 is 5.11 Å². The number of rotatable bonds is 2. The van der Waals surface area contributed by atoms with E-state index in [2.05, 4.69) is 5.32 Å². The third kappa shape index (κ3) is 2.98. The van der Waals surface area contributed by atoms with Crippen molar-refractivity contribution in [2.45, 2.75) is 6.04 Å². The predicted molar refractivity (Wildman–Crippen MR) is 138 cm³/mol. The summed E-state index contributed by atoms with van der Waals surface area (Å²) in [6, 6.07) is 21.6. The van der Waals surface area contributed by atoms with Crippen LogP contribution in [0.25, 0.3) is 27.8 Å². The number of para-hydroxylation sites is 3. The van der Waals surface area contributed by atoms with Crippen LogP contribution >= 0.6 is 11.6 Å². The van der Waals surface area contributed by atoms with Crippen LogP contribution in [-0.2, 0) is 14.1 Å². The zero-order valence-corrected chi connectivity index (χ0v) is 19.7. The molecule has 0 aliphatic carbocycles. The van der Waals surface area contributed by atoms with Crippen LogP contribution in [0.5, 0.6) is 5.75 Å². The van der Waals surface area contributed by atoms with Gasteiger partial charge in [-0.3, -0.25) is 13.9 Å². The molecule has 5 aromatic rings.